The summed E-state index contributed by atoms with van der Waals surface area (Å²) in [6.45, 7) is 14.9. The van der Waals surface area contributed by atoms with E-state index in [1.807, 2.05) is 0 Å². The van der Waals surface area contributed by atoms with Crippen molar-refractivity contribution in [1.82, 2.24) is 0 Å². The van der Waals surface area contributed by atoms with E-state index >= 15 is 0 Å². The lowest BCUT2D eigenvalue weighted by Crippen LogP contribution is -2.48. The number of ketones is 1. The van der Waals surface area contributed by atoms with Crippen molar-refractivity contribution in [3.8, 4) is 17.2 Å². The second-order valence-corrected chi connectivity index (χ2v) is 12.5. The van der Waals surface area contributed by atoms with Crippen molar-refractivity contribution in [2.75, 3.05) is 34.5 Å². The summed E-state index contributed by atoms with van der Waals surface area (Å²) in [7, 11) is 6.11. The molecule has 0 amide bonds. The first-order valence-electron chi connectivity index (χ1n) is 12.8. The number of nitrogens with zero attached hydrogens (tertiary/aromatic N) is 1. The van der Waals surface area contributed by atoms with Gasteiger partial charge in [0.15, 0.2) is 17.3 Å². The maximum absolute atomic E-state index is 14.0. The lowest BCUT2D eigenvalue weighted by molar-refractivity contribution is -0.922. The summed E-state index contributed by atoms with van der Waals surface area (Å²) >= 11 is 0. The van der Waals surface area contributed by atoms with Gasteiger partial charge in [-0.3, -0.25) is 4.79 Å². The Bertz CT molecular complexity index is 1220. The van der Waals surface area contributed by atoms with Crippen LogP contribution in [0.25, 0.3) is 0 Å². The summed E-state index contributed by atoms with van der Waals surface area (Å²) in [5.41, 5.74) is 7.04. The van der Waals surface area contributed by atoms with Crippen LogP contribution in [0.2, 0.25) is 0 Å². The number of hydrogen-bond donors (Lipinski definition) is 0. The number of likely N-dealkylation sites (N-methyl/N-ethyl adjacent to an activating group) is 1. The van der Waals surface area contributed by atoms with Gasteiger partial charge in [-0.1, -0.05) is 40.7 Å². The third-order valence-electron chi connectivity index (χ3n) is 9.68. The third kappa shape index (κ3) is 3.41. The van der Waals surface area contributed by atoms with Gasteiger partial charge in [-0.15, -0.1) is 0 Å². The number of aryl methyl sites for hydroxylation is 1. The molecule has 0 N–H and O–H groups in total. The average Bonchev–Trinajstić information content (AvgIpc) is 3.30. The molecular weight excluding hydrogens is 438 g/mol. The van der Waals surface area contributed by atoms with Gasteiger partial charge in [0, 0.05) is 12.0 Å². The lowest BCUT2D eigenvalue weighted by Gasteiger charge is -2.43. The Labute approximate surface area is 210 Å². The highest BCUT2D eigenvalue weighted by Gasteiger charge is 2.49. The zero-order valence-corrected chi connectivity index (χ0v) is 22.8. The molecule has 0 bridgehead atoms. The summed E-state index contributed by atoms with van der Waals surface area (Å²) in [5, 5.41) is 0. The number of rotatable bonds is 4. The second kappa shape index (κ2) is 7.73. The highest BCUT2D eigenvalue weighted by atomic mass is 16.7. The molecule has 0 aromatic heterocycles. The normalized spacial score (nSPS) is 24.6. The molecule has 2 aliphatic heterocycles. The average molecular weight is 479 g/mol. The smallest absolute Gasteiger partial charge is 0.231 e. The van der Waals surface area contributed by atoms with E-state index in [1.165, 1.54) is 16.7 Å². The van der Waals surface area contributed by atoms with Gasteiger partial charge < -0.3 is 18.7 Å². The molecule has 188 valence electrons. The number of carbonyl (C=O) groups is 1. The van der Waals surface area contributed by atoms with Crippen LogP contribution in [0.4, 0.5) is 0 Å². The minimum absolute atomic E-state index is 0.0215. The predicted molar refractivity (Wildman–Crippen MR) is 138 cm³/mol. The summed E-state index contributed by atoms with van der Waals surface area (Å²) in [6.07, 6.45) is 1.34. The molecular formula is C30H40NO4+. The molecule has 0 radical (unpaired) electrons. The molecule has 0 saturated carbocycles. The third-order valence-corrected chi connectivity index (χ3v) is 9.68. The first-order valence-corrected chi connectivity index (χ1v) is 12.8. The Morgan fingerprint density at radius 3 is 2.40 bits per heavy atom. The van der Waals surface area contributed by atoms with Crippen LogP contribution in [0, 0.1) is 12.8 Å². The number of benzene rings is 2. The van der Waals surface area contributed by atoms with Crippen LogP contribution < -0.4 is 14.2 Å². The Balaban J connectivity index is 1.57. The van der Waals surface area contributed by atoms with E-state index in [4.69, 9.17) is 14.2 Å². The SMILES string of the molecule is COc1c2c(cc3c1[C@@H](CC(=O)c1cc4c(cc1C)C(C)(C)[C@@H](C)C4(C)C)[N+](C)(C)CC3)OCO2. The van der Waals surface area contributed by atoms with E-state index in [9.17, 15) is 4.79 Å². The first kappa shape index (κ1) is 24.2. The van der Waals surface area contributed by atoms with E-state index in [1.54, 1.807) is 7.11 Å². The minimum Gasteiger partial charge on any atom is -0.492 e. The van der Waals surface area contributed by atoms with Gasteiger partial charge in [0.05, 0.1) is 39.7 Å². The predicted octanol–water partition coefficient (Wildman–Crippen LogP) is 5.88. The number of ether oxygens (including phenoxy) is 3. The fourth-order valence-electron chi connectivity index (χ4n) is 6.84. The summed E-state index contributed by atoms with van der Waals surface area (Å²) in [5.74, 6) is 2.82. The molecule has 35 heavy (non-hydrogen) atoms. The van der Waals surface area contributed by atoms with E-state index in [2.05, 4.69) is 73.8 Å². The molecule has 2 aromatic carbocycles. The fraction of sp³-hybridized carbons (Fsp3) is 0.567. The highest BCUT2D eigenvalue weighted by molar-refractivity contribution is 5.98. The highest BCUT2D eigenvalue weighted by Crippen LogP contribution is 2.55. The van der Waals surface area contributed by atoms with Crippen molar-refractivity contribution in [2.45, 2.75) is 71.3 Å². The number of methoxy groups -OCH3 is 1. The van der Waals surface area contributed by atoms with Crippen LogP contribution in [0.3, 0.4) is 0 Å². The molecule has 5 rings (SSSR count). The lowest BCUT2D eigenvalue weighted by atomic mass is 9.71. The number of fused-ring (bicyclic) bond motifs is 3. The van der Waals surface area contributed by atoms with Crippen LogP contribution in [-0.2, 0) is 17.3 Å². The van der Waals surface area contributed by atoms with Gasteiger partial charge in [-0.25, -0.2) is 0 Å². The molecule has 2 aromatic rings. The van der Waals surface area contributed by atoms with Crippen LogP contribution in [-0.4, -0.2) is 44.8 Å². The van der Waals surface area contributed by atoms with Gasteiger partial charge >= 0.3 is 0 Å². The van der Waals surface area contributed by atoms with Crippen LogP contribution in [0.5, 0.6) is 17.2 Å². The number of quaternary nitrogens is 1. The molecule has 2 heterocycles. The maximum Gasteiger partial charge on any atom is 0.231 e. The van der Waals surface area contributed by atoms with Crippen LogP contribution in [0.1, 0.15) is 85.3 Å². The van der Waals surface area contributed by atoms with Crippen molar-refractivity contribution >= 4 is 5.78 Å². The van der Waals surface area contributed by atoms with Crippen LogP contribution in [0.15, 0.2) is 18.2 Å². The largest absolute Gasteiger partial charge is 0.492 e. The molecule has 1 aliphatic carbocycles. The minimum atomic E-state index is -0.0215. The topological polar surface area (TPSA) is 44.8 Å². The zero-order chi connectivity index (χ0) is 25.5. The van der Waals surface area contributed by atoms with Crippen molar-refractivity contribution in [2.24, 2.45) is 5.92 Å². The van der Waals surface area contributed by atoms with Gasteiger partial charge in [-0.05, 0) is 58.1 Å². The van der Waals surface area contributed by atoms with Gasteiger partial charge in [0.25, 0.3) is 0 Å². The molecule has 5 nitrogen and oxygen atoms in total. The summed E-state index contributed by atoms with van der Waals surface area (Å²) in [6, 6.07) is 6.55. The Morgan fingerprint density at radius 2 is 1.74 bits per heavy atom. The van der Waals surface area contributed by atoms with E-state index in [0.29, 0.717) is 18.1 Å². The monoisotopic (exact) mass is 478 g/mol. The molecule has 3 aliphatic rings. The Hall–Kier alpha value is -2.53. The van der Waals surface area contributed by atoms with Gasteiger partial charge in [0.1, 0.15) is 6.04 Å². The van der Waals surface area contributed by atoms with E-state index < -0.39 is 0 Å². The molecule has 2 atom stereocenters. The quantitative estimate of drug-likeness (QED) is 0.406. The second-order valence-electron chi connectivity index (χ2n) is 12.5. The van der Waals surface area contributed by atoms with Gasteiger partial charge in [-0.2, -0.15) is 0 Å². The first-order chi connectivity index (χ1) is 16.3. The molecule has 0 saturated heterocycles. The molecule has 0 fully saturated rings. The van der Waals surface area contributed by atoms with Crippen molar-refractivity contribution in [1.29, 1.82) is 0 Å². The van der Waals surface area contributed by atoms with Crippen molar-refractivity contribution in [3.63, 3.8) is 0 Å². The van der Waals surface area contributed by atoms with Crippen molar-refractivity contribution < 1.29 is 23.5 Å². The van der Waals surface area contributed by atoms with E-state index in [0.717, 1.165) is 45.6 Å². The van der Waals surface area contributed by atoms with Crippen LogP contribution >= 0.6 is 0 Å². The number of hydrogen-bond acceptors (Lipinski definition) is 4. The summed E-state index contributed by atoms with van der Waals surface area (Å²) < 4.78 is 18.1. The molecule has 5 heteroatoms. The fourth-order valence-corrected chi connectivity index (χ4v) is 6.84. The molecule has 0 unspecified atom stereocenters. The Kier molecular flexibility index (Phi) is 5.34. The number of Topliss-reactive ketones (excluding diaryl/α,β-unsaturated/α-hetero) is 1. The number of carbonyl (C=O) groups excluding carboxylic acids is 1. The summed E-state index contributed by atoms with van der Waals surface area (Å²) in [4.78, 5) is 14.0. The molecule has 0 spiro atoms. The Morgan fingerprint density at radius 1 is 1.09 bits per heavy atom. The van der Waals surface area contributed by atoms with Gasteiger partial charge in [0.2, 0.25) is 12.5 Å². The standard InChI is InChI=1S/C30H40NO4/c1-17-12-21-22(30(5,6)18(2)29(21,3)4)14-20(17)24(32)15-23-26-19(10-11-31(23,7)8)13-25-27(28(26)33-9)35-16-34-25/h12-14,18,23H,10-11,15-16H2,1-9H3/q+1/t18-,23-/m1/s1. The maximum atomic E-state index is 14.0. The van der Waals surface area contributed by atoms with Crippen molar-refractivity contribution in [3.05, 3.63) is 51.6 Å². The zero-order valence-electron chi connectivity index (χ0n) is 22.8. The van der Waals surface area contributed by atoms with E-state index in [-0.39, 0.29) is 29.4 Å².